The van der Waals surface area contributed by atoms with Crippen molar-refractivity contribution >= 4 is 22.4 Å². The first-order valence-electron chi connectivity index (χ1n) is 8.79. The Bertz CT molecular complexity index is 1020. The van der Waals surface area contributed by atoms with Crippen LogP contribution in [0.5, 0.6) is 0 Å². The quantitative estimate of drug-likeness (QED) is 0.698. The van der Waals surface area contributed by atoms with Crippen LogP contribution in [0.2, 0.25) is 0 Å². The number of pyridine rings is 1. The van der Waals surface area contributed by atoms with Gasteiger partial charge in [0.1, 0.15) is 0 Å². The molecule has 0 saturated heterocycles. The number of carbonyl (C=O) groups is 1. The van der Waals surface area contributed by atoms with Crippen molar-refractivity contribution in [3.63, 3.8) is 0 Å². The Labute approximate surface area is 146 Å². The molecular weight excluding hydrogens is 308 g/mol. The van der Waals surface area contributed by atoms with Crippen LogP contribution in [-0.2, 0) is 4.79 Å². The summed E-state index contributed by atoms with van der Waals surface area (Å²) < 4.78 is 0. The van der Waals surface area contributed by atoms with Crippen LogP contribution in [0.3, 0.4) is 0 Å². The molecule has 0 spiro atoms. The van der Waals surface area contributed by atoms with Crippen LogP contribution >= 0.6 is 0 Å². The number of Topliss-reactive ketones (excluding diaryl/α,β-unsaturated/α-hetero) is 1. The molecule has 0 unspecified atom stereocenters. The Morgan fingerprint density at radius 1 is 0.960 bits per heavy atom. The van der Waals surface area contributed by atoms with Gasteiger partial charge in [0.05, 0.1) is 5.52 Å². The topological polar surface area (TPSA) is 42.0 Å². The third-order valence-electron chi connectivity index (χ3n) is 5.28. The SMILES string of the molecule is O=C1CCCC2=C1[C@@H](c1ccccc1)c1c(ccc3ncccc13)N2. The second-order valence-corrected chi connectivity index (χ2v) is 6.73. The fraction of sp³-hybridized carbons (Fsp3) is 0.182. The van der Waals surface area contributed by atoms with E-state index in [1.54, 1.807) is 0 Å². The number of allylic oxidation sites excluding steroid dienone is 2. The molecule has 5 rings (SSSR count). The van der Waals surface area contributed by atoms with Crippen LogP contribution in [0, 0.1) is 0 Å². The minimum atomic E-state index is -0.0202. The molecule has 0 saturated carbocycles. The summed E-state index contributed by atoms with van der Waals surface area (Å²) in [6.07, 6.45) is 4.33. The number of anilines is 1. The van der Waals surface area contributed by atoms with Crippen molar-refractivity contribution in [1.29, 1.82) is 0 Å². The lowest BCUT2D eigenvalue weighted by Gasteiger charge is -2.34. The van der Waals surface area contributed by atoms with Crippen LogP contribution in [0.1, 0.15) is 36.3 Å². The summed E-state index contributed by atoms with van der Waals surface area (Å²) in [5, 5.41) is 4.67. The average Bonchev–Trinajstić information content (AvgIpc) is 2.67. The maximum atomic E-state index is 12.8. The molecule has 0 bridgehead atoms. The number of rotatable bonds is 1. The minimum Gasteiger partial charge on any atom is -0.358 e. The molecule has 0 amide bonds. The standard InChI is InChI=1S/C22H18N2O/c25-19-10-4-9-17-22(19)20(14-6-2-1-3-7-14)21-15-8-5-13-23-16(15)11-12-18(21)24-17/h1-3,5-8,11-13,20,24H,4,9-10H2/t20-/m0/s1. The molecule has 1 aliphatic heterocycles. The highest BCUT2D eigenvalue weighted by Crippen LogP contribution is 2.47. The largest absolute Gasteiger partial charge is 0.358 e. The van der Waals surface area contributed by atoms with E-state index in [-0.39, 0.29) is 11.7 Å². The van der Waals surface area contributed by atoms with Gasteiger partial charge >= 0.3 is 0 Å². The molecule has 0 radical (unpaired) electrons. The van der Waals surface area contributed by atoms with Crippen molar-refractivity contribution in [3.05, 3.63) is 83.2 Å². The van der Waals surface area contributed by atoms with Gasteiger partial charge in [-0.3, -0.25) is 9.78 Å². The Balaban J connectivity index is 1.85. The zero-order chi connectivity index (χ0) is 16.8. The number of fused-ring (bicyclic) bond motifs is 3. The van der Waals surface area contributed by atoms with Gasteiger partial charge in [0.15, 0.2) is 5.78 Å². The first kappa shape index (κ1) is 14.4. The summed E-state index contributed by atoms with van der Waals surface area (Å²) in [7, 11) is 0. The summed E-state index contributed by atoms with van der Waals surface area (Å²) in [5.41, 5.74) is 6.45. The Hall–Kier alpha value is -2.94. The van der Waals surface area contributed by atoms with Crippen molar-refractivity contribution < 1.29 is 4.79 Å². The van der Waals surface area contributed by atoms with Gasteiger partial charge < -0.3 is 5.32 Å². The van der Waals surface area contributed by atoms with Gasteiger partial charge in [0.25, 0.3) is 0 Å². The third-order valence-corrected chi connectivity index (χ3v) is 5.28. The highest BCUT2D eigenvalue weighted by atomic mass is 16.1. The van der Waals surface area contributed by atoms with Crippen LogP contribution < -0.4 is 5.32 Å². The van der Waals surface area contributed by atoms with Gasteiger partial charge in [0, 0.05) is 40.9 Å². The van der Waals surface area contributed by atoms with E-state index in [1.807, 2.05) is 30.5 Å². The maximum Gasteiger partial charge on any atom is 0.161 e. The monoisotopic (exact) mass is 326 g/mol. The van der Waals surface area contributed by atoms with E-state index in [2.05, 4.69) is 40.6 Å². The molecule has 25 heavy (non-hydrogen) atoms. The summed E-state index contributed by atoms with van der Waals surface area (Å²) in [6.45, 7) is 0. The number of nitrogens with zero attached hydrogens (tertiary/aromatic N) is 1. The van der Waals surface area contributed by atoms with Crippen LogP contribution in [0.15, 0.2) is 72.1 Å². The van der Waals surface area contributed by atoms with E-state index in [4.69, 9.17) is 0 Å². The molecule has 0 fully saturated rings. The summed E-state index contributed by atoms with van der Waals surface area (Å²) >= 11 is 0. The molecule has 3 nitrogen and oxygen atoms in total. The van der Waals surface area contributed by atoms with Gasteiger partial charge in [-0.15, -0.1) is 0 Å². The zero-order valence-electron chi connectivity index (χ0n) is 13.8. The lowest BCUT2D eigenvalue weighted by molar-refractivity contribution is -0.116. The number of ketones is 1. The zero-order valence-corrected chi connectivity index (χ0v) is 13.8. The van der Waals surface area contributed by atoms with Gasteiger partial charge in [-0.1, -0.05) is 36.4 Å². The number of hydrogen-bond donors (Lipinski definition) is 1. The number of hydrogen-bond acceptors (Lipinski definition) is 3. The highest BCUT2D eigenvalue weighted by Gasteiger charge is 2.35. The first-order valence-corrected chi connectivity index (χ1v) is 8.79. The molecule has 2 aromatic carbocycles. The molecule has 2 heterocycles. The van der Waals surface area contributed by atoms with Crippen LogP contribution in [0.25, 0.3) is 10.9 Å². The van der Waals surface area contributed by atoms with Crippen molar-refractivity contribution in [3.8, 4) is 0 Å². The molecule has 3 heteroatoms. The number of benzene rings is 2. The summed E-state index contributed by atoms with van der Waals surface area (Å²) in [6, 6.07) is 18.6. The third kappa shape index (κ3) is 2.19. The van der Waals surface area contributed by atoms with Crippen LogP contribution in [0.4, 0.5) is 5.69 Å². The number of nitrogens with one attached hydrogen (secondary N) is 1. The first-order chi connectivity index (χ1) is 12.3. The van der Waals surface area contributed by atoms with Crippen molar-refractivity contribution in [2.75, 3.05) is 5.32 Å². The Kier molecular flexibility index (Phi) is 3.20. The highest BCUT2D eigenvalue weighted by molar-refractivity contribution is 6.03. The van der Waals surface area contributed by atoms with Crippen LogP contribution in [-0.4, -0.2) is 10.8 Å². The predicted molar refractivity (Wildman–Crippen MR) is 99.5 cm³/mol. The van der Waals surface area contributed by atoms with Gasteiger partial charge in [0.2, 0.25) is 0 Å². The second kappa shape index (κ2) is 5.55. The summed E-state index contributed by atoms with van der Waals surface area (Å²) in [4.78, 5) is 17.4. The normalized spacial score (nSPS) is 19.4. The average molecular weight is 326 g/mol. The van der Waals surface area contributed by atoms with Gasteiger partial charge in [-0.25, -0.2) is 0 Å². The number of aromatic nitrogens is 1. The van der Waals surface area contributed by atoms with Gasteiger partial charge in [-0.2, -0.15) is 0 Å². The minimum absolute atomic E-state index is 0.0202. The fourth-order valence-electron chi connectivity index (χ4n) is 4.21. The predicted octanol–water partition coefficient (Wildman–Crippen LogP) is 4.80. The molecular formula is C22H18N2O. The van der Waals surface area contributed by atoms with E-state index >= 15 is 0 Å². The van der Waals surface area contributed by atoms with E-state index in [9.17, 15) is 4.79 Å². The molecule has 1 N–H and O–H groups in total. The second-order valence-electron chi connectivity index (χ2n) is 6.73. The molecule has 1 aliphatic carbocycles. The lowest BCUT2D eigenvalue weighted by atomic mass is 9.74. The van der Waals surface area contributed by atoms with E-state index in [0.29, 0.717) is 6.42 Å². The van der Waals surface area contributed by atoms with Crippen molar-refractivity contribution in [2.24, 2.45) is 0 Å². The van der Waals surface area contributed by atoms with Crippen molar-refractivity contribution in [2.45, 2.75) is 25.2 Å². The maximum absolute atomic E-state index is 12.8. The smallest absolute Gasteiger partial charge is 0.161 e. The van der Waals surface area contributed by atoms with E-state index < -0.39 is 0 Å². The van der Waals surface area contributed by atoms with E-state index in [1.165, 1.54) is 11.1 Å². The number of carbonyl (C=O) groups excluding carboxylic acids is 1. The fourth-order valence-corrected chi connectivity index (χ4v) is 4.21. The molecule has 1 atom stereocenters. The molecule has 1 aromatic heterocycles. The lowest BCUT2D eigenvalue weighted by Crippen LogP contribution is -2.27. The van der Waals surface area contributed by atoms with Crippen molar-refractivity contribution in [1.82, 2.24) is 4.98 Å². The van der Waals surface area contributed by atoms with E-state index in [0.717, 1.165) is 40.7 Å². The molecule has 122 valence electrons. The van der Waals surface area contributed by atoms with Gasteiger partial charge in [-0.05, 0) is 42.2 Å². The molecule has 2 aliphatic rings. The summed E-state index contributed by atoms with van der Waals surface area (Å²) in [5.74, 6) is 0.252. The molecule has 3 aromatic rings. The Morgan fingerprint density at radius 3 is 2.72 bits per heavy atom. The Morgan fingerprint density at radius 2 is 1.84 bits per heavy atom.